The van der Waals surface area contributed by atoms with Crippen LogP contribution in [0.15, 0.2) is 83.9 Å². The van der Waals surface area contributed by atoms with Gasteiger partial charge < -0.3 is 4.74 Å². The van der Waals surface area contributed by atoms with Crippen LogP contribution in [0.4, 0.5) is 0 Å². The van der Waals surface area contributed by atoms with Crippen LogP contribution in [0, 0.1) is 0 Å². The quantitative estimate of drug-likeness (QED) is 0.264. The van der Waals surface area contributed by atoms with Gasteiger partial charge in [0.25, 0.3) is 0 Å². The number of halogens is 2. The van der Waals surface area contributed by atoms with Crippen molar-refractivity contribution in [2.75, 3.05) is 0 Å². The molecule has 0 fully saturated rings. The van der Waals surface area contributed by atoms with Crippen molar-refractivity contribution in [1.29, 1.82) is 0 Å². The van der Waals surface area contributed by atoms with Gasteiger partial charge in [-0.15, -0.1) is 0 Å². The van der Waals surface area contributed by atoms with Crippen LogP contribution >= 0.6 is 23.2 Å². The largest absolute Gasteiger partial charge is 0.460 e. The summed E-state index contributed by atoms with van der Waals surface area (Å²) in [6.45, 7) is 5.62. The van der Waals surface area contributed by atoms with Gasteiger partial charge in [-0.2, -0.15) is 0 Å². The lowest BCUT2D eigenvalue weighted by molar-refractivity contribution is -0.155. The summed E-state index contributed by atoms with van der Waals surface area (Å²) < 4.78 is 5.64. The number of carbonyl (C=O) groups is 1. The normalized spacial score (nSPS) is 13.7. The average molecular weight is 468 g/mol. The first-order valence-electron chi connectivity index (χ1n) is 10.5. The van der Waals surface area contributed by atoms with E-state index in [-0.39, 0.29) is 24.3 Å². The number of rotatable bonds is 7. The Kier molecular flexibility index (Phi) is 8.11. The van der Waals surface area contributed by atoms with Crippen molar-refractivity contribution < 1.29 is 9.53 Å². The van der Waals surface area contributed by atoms with E-state index in [2.05, 4.69) is 0 Å². The maximum atomic E-state index is 12.8. The lowest BCUT2D eigenvalue weighted by Crippen LogP contribution is -2.26. The minimum atomic E-state index is -0.555. The van der Waals surface area contributed by atoms with E-state index in [1.807, 2.05) is 106 Å². The third kappa shape index (κ3) is 7.22. The monoisotopic (exact) mass is 467 g/mol. The van der Waals surface area contributed by atoms with Crippen LogP contribution in [-0.4, -0.2) is 17.8 Å². The van der Waals surface area contributed by atoms with E-state index in [1.165, 1.54) is 0 Å². The van der Waals surface area contributed by atoms with E-state index < -0.39 is 5.60 Å². The molecule has 0 spiro atoms. The lowest BCUT2D eigenvalue weighted by Gasteiger charge is -2.27. The molecule has 3 aromatic carbocycles. The first-order valence-corrected chi connectivity index (χ1v) is 11.3. The minimum absolute atomic E-state index is 0.201. The Hall–Kier alpha value is -2.62. The highest BCUT2D eigenvalue weighted by atomic mass is 35.5. The standard InChI is InChI=1S/C27H27Cl2NO2/c1-27(2,3)32-25(31)17-24(20-7-5-4-6-8-20)26(21-11-15-23(29)16-12-21)30-18-19-9-13-22(28)14-10-19/h4-16,18,24,26H,17H2,1-3H3/t24-,26+/m1/s1. The van der Waals surface area contributed by atoms with E-state index in [0.717, 1.165) is 16.7 Å². The predicted octanol–water partition coefficient (Wildman–Crippen LogP) is 7.67. The van der Waals surface area contributed by atoms with Crippen LogP contribution in [0.5, 0.6) is 0 Å². The molecule has 0 aliphatic rings. The van der Waals surface area contributed by atoms with Gasteiger partial charge in [-0.1, -0.05) is 77.8 Å². The van der Waals surface area contributed by atoms with E-state index in [9.17, 15) is 4.79 Å². The maximum Gasteiger partial charge on any atom is 0.307 e. The topological polar surface area (TPSA) is 38.7 Å². The van der Waals surface area contributed by atoms with E-state index in [0.29, 0.717) is 10.0 Å². The van der Waals surface area contributed by atoms with Crippen molar-refractivity contribution in [2.24, 2.45) is 4.99 Å². The van der Waals surface area contributed by atoms with Crippen LogP contribution in [-0.2, 0) is 9.53 Å². The van der Waals surface area contributed by atoms with Crippen molar-refractivity contribution >= 4 is 35.4 Å². The van der Waals surface area contributed by atoms with Gasteiger partial charge in [-0.25, -0.2) is 0 Å². The van der Waals surface area contributed by atoms with Gasteiger partial charge in [-0.3, -0.25) is 9.79 Å². The molecule has 3 rings (SSSR count). The number of nitrogens with zero attached hydrogens (tertiary/aromatic N) is 1. The summed E-state index contributed by atoms with van der Waals surface area (Å²) in [5.74, 6) is -0.470. The molecule has 32 heavy (non-hydrogen) atoms. The Labute approximate surface area is 200 Å². The van der Waals surface area contributed by atoms with Crippen molar-refractivity contribution in [3.05, 3.63) is 106 Å². The predicted molar refractivity (Wildman–Crippen MR) is 133 cm³/mol. The van der Waals surface area contributed by atoms with Gasteiger partial charge in [-0.05, 0) is 61.7 Å². The van der Waals surface area contributed by atoms with Crippen molar-refractivity contribution in [1.82, 2.24) is 0 Å². The first-order chi connectivity index (χ1) is 15.2. The minimum Gasteiger partial charge on any atom is -0.460 e. The summed E-state index contributed by atoms with van der Waals surface area (Å²) in [5.41, 5.74) is 2.36. The van der Waals surface area contributed by atoms with Gasteiger partial charge in [0.05, 0.1) is 12.5 Å². The number of hydrogen-bond donors (Lipinski definition) is 0. The summed E-state index contributed by atoms with van der Waals surface area (Å²) in [5, 5.41) is 1.32. The Morgan fingerprint density at radius 2 is 1.44 bits per heavy atom. The second-order valence-electron chi connectivity index (χ2n) is 8.63. The molecule has 0 aromatic heterocycles. The van der Waals surface area contributed by atoms with Gasteiger partial charge in [0.2, 0.25) is 0 Å². The summed E-state index contributed by atoms with van der Waals surface area (Å²) >= 11 is 12.1. The second kappa shape index (κ2) is 10.8. The Bertz CT molecular complexity index is 1040. The molecule has 0 saturated heterocycles. The van der Waals surface area contributed by atoms with Crippen molar-refractivity contribution in [3.63, 3.8) is 0 Å². The number of ether oxygens (including phenoxy) is 1. The fourth-order valence-electron chi connectivity index (χ4n) is 3.47. The van der Waals surface area contributed by atoms with E-state index >= 15 is 0 Å². The highest BCUT2D eigenvalue weighted by molar-refractivity contribution is 6.30. The van der Waals surface area contributed by atoms with Gasteiger partial charge >= 0.3 is 5.97 Å². The number of carbonyl (C=O) groups excluding carboxylic acids is 1. The van der Waals surface area contributed by atoms with Gasteiger partial charge in [0.1, 0.15) is 5.60 Å². The van der Waals surface area contributed by atoms with E-state index in [1.54, 1.807) is 0 Å². The number of aliphatic imine (C=N–C) groups is 1. The lowest BCUT2D eigenvalue weighted by atomic mass is 9.85. The number of benzene rings is 3. The zero-order valence-corrected chi connectivity index (χ0v) is 20.0. The molecule has 5 heteroatoms. The molecule has 0 N–H and O–H groups in total. The number of hydrogen-bond acceptors (Lipinski definition) is 3. The molecule has 3 aromatic rings. The van der Waals surface area contributed by atoms with Crippen LogP contribution in [0.1, 0.15) is 55.8 Å². The molecule has 0 amide bonds. The van der Waals surface area contributed by atoms with Crippen LogP contribution in [0.25, 0.3) is 0 Å². The van der Waals surface area contributed by atoms with E-state index in [4.69, 9.17) is 32.9 Å². The third-order valence-electron chi connectivity index (χ3n) is 4.88. The van der Waals surface area contributed by atoms with Crippen LogP contribution in [0.2, 0.25) is 10.0 Å². The fourth-order valence-corrected chi connectivity index (χ4v) is 3.72. The third-order valence-corrected chi connectivity index (χ3v) is 5.39. The summed E-state index contributed by atoms with van der Waals surface area (Å²) in [7, 11) is 0. The summed E-state index contributed by atoms with van der Waals surface area (Å²) in [6, 6.07) is 24.7. The Morgan fingerprint density at radius 3 is 2.00 bits per heavy atom. The second-order valence-corrected chi connectivity index (χ2v) is 9.51. The Morgan fingerprint density at radius 1 is 0.875 bits per heavy atom. The molecule has 0 unspecified atom stereocenters. The molecular weight excluding hydrogens is 441 g/mol. The molecule has 2 atom stereocenters. The fraction of sp³-hybridized carbons (Fsp3) is 0.259. The zero-order chi connectivity index (χ0) is 23.1. The molecule has 0 heterocycles. The van der Waals surface area contributed by atoms with Crippen LogP contribution in [0.3, 0.4) is 0 Å². The van der Waals surface area contributed by atoms with Gasteiger partial charge in [0.15, 0.2) is 0 Å². The smallest absolute Gasteiger partial charge is 0.307 e. The van der Waals surface area contributed by atoms with Crippen molar-refractivity contribution in [2.45, 2.75) is 44.8 Å². The van der Waals surface area contributed by atoms with Crippen LogP contribution < -0.4 is 0 Å². The summed E-state index contributed by atoms with van der Waals surface area (Å²) in [4.78, 5) is 17.8. The molecule has 166 valence electrons. The molecule has 3 nitrogen and oxygen atoms in total. The molecule has 0 aliphatic carbocycles. The number of esters is 1. The maximum absolute atomic E-state index is 12.8. The zero-order valence-electron chi connectivity index (χ0n) is 18.5. The summed E-state index contributed by atoms with van der Waals surface area (Å²) in [6.07, 6.45) is 2.02. The SMILES string of the molecule is CC(C)(C)OC(=O)C[C@H](c1ccccc1)[C@@H](N=Cc1ccc(Cl)cc1)c1ccc(Cl)cc1. The molecule has 0 saturated carbocycles. The first kappa shape index (κ1) is 24.0. The molecular formula is C27H27Cl2NO2. The molecule has 0 aliphatic heterocycles. The molecule has 0 radical (unpaired) electrons. The highest BCUT2D eigenvalue weighted by Gasteiger charge is 2.29. The average Bonchev–Trinajstić information content (AvgIpc) is 2.75. The molecule has 0 bridgehead atoms. The van der Waals surface area contributed by atoms with Gasteiger partial charge in [0, 0.05) is 22.2 Å². The highest BCUT2D eigenvalue weighted by Crippen LogP contribution is 2.38. The van der Waals surface area contributed by atoms with Crippen molar-refractivity contribution in [3.8, 4) is 0 Å². The Balaban J connectivity index is 2.02.